The predicted molar refractivity (Wildman–Crippen MR) is 80.5 cm³/mol. The molecule has 0 bridgehead atoms. The van der Waals surface area contributed by atoms with Gasteiger partial charge in [0.25, 0.3) is 0 Å². The third kappa shape index (κ3) is 3.79. The highest BCUT2D eigenvalue weighted by atomic mass is 16.5. The van der Waals surface area contributed by atoms with Crippen LogP contribution < -0.4 is 5.73 Å². The Bertz CT molecular complexity index is 399. The number of morpholine rings is 1. The van der Waals surface area contributed by atoms with E-state index in [4.69, 9.17) is 10.5 Å². The molecule has 1 aliphatic heterocycles. The quantitative estimate of drug-likeness (QED) is 0.824. The van der Waals surface area contributed by atoms with E-state index in [9.17, 15) is 5.11 Å². The van der Waals surface area contributed by atoms with Gasteiger partial charge in [-0.15, -0.1) is 0 Å². The van der Waals surface area contributed by atoms with E-state index in [1.54, 1.807) is 0 Å². The fraction of sp³-hybridized carbons (Fsp3) is 0.625. The maximum Gasteiger partial charge on any atom is 0.103 e. The lowest BCUT2D eigenvalue weighted by Gasteiger charge is -2.35. The number of hydrogen-bond donors (Lipinski definition) is 2. The molecular formula is C16H26N2O2. The van der Waals surface area contributed by atoms with E-state index in [0.29, 0.717) is 12.5 Å². The second-order valence-electron chi connectivity index (χ2n) is 5.55. The molecule has 0 aromatic heterocycles. The molecule has 2 unspecified atom stereocenters. The van der Waals surface area contributed by atoms with Gasteiger partial charge in [0.05, 0.1) is 12.7 Å². The van der Waals surface area contributed by atoms with Gasteiger partial charge in [-0.1, -0.05) is 37.3 Å². The molecule has 0 spiro atoms. The van der Waals surface area contributed by atoms with E-state index in [1.807, 2.05) is 30.3 Å². The van der Waals surface area contributed by atoms with Crippen LogP contribution in [0.1, 0.15) is 25.3 Å². The van der Waals surface area contributed by atoms with Crippen molar-refractivity contribution < 1.29 is 9.84 Å². The Morgan fingerprint density at radius 2 is 2.15 bits per heavy atom. The Balaban J connectivity index is 1.93. The largest absolute Gasteiger partial charge is 0.384 e. The molecule has 112 valence electrons. The van der Waals surface area contributed by atoms with Crippen LogP contribution >= 0.6 is 0 Å². The minimum atomic E-state index is -0.929. The smallest absolute Gasteiger partial charge is 0.103 e. The van der Waals surface area contributed by atoms with Crippen LogP contribution in [0.5, 0.6) is 0 Å². The van der Waals surface area contributed by atoms with Crippen LogP contribution in [0.3, 0.4) is 0 Å². The van der Waals surface area contributed by atoms with E-state index in [0.717, 1.165) is 38.2 Å². The summed E-state index contributed by atoms with van der Waals surface area (Å²) in [7, 11) is 0. The highest BCUT2D eigenvalue weighted by molar-refractivity contribution is 5.22. The zero-order valence-electron chi connectivity index (χ0n) is 12.3. The Kier molecular flexibility index (Phi) is 5.54. The van der Waals surface area contributed by atoms with Crippen molar-refractivity contribution in [1.29, 1.82) is 0 Å². The molecular weight excluding hydrogens is 252 g/mol. The summed E-state index contributed by atoms with van der Waals surface area (Å²) in [6, 6.07) is 9.73. The lowest BCUT2D eigenvalue weighted by Crippen LogP contribution is -2.45. The molecule has 20 heavy (non-hydrogen) atoms. The molecule has 0 aliphatic carbocycles. The lowest BCUT2D eigenvalue weighted by atomic mass is 9.90. The van der Waals surface area contributed by atoms with Crippen molar-refractivity contribution in [2.75, 3.05) is 32.8 Å². The normalized spacial score (nSPS) is 23.4. The Morgan fingerprint density at radius 1 is 1.40 bits per heavy atom. The molecule has 2 atom stereocenters. The zero-order chi connectivity index (χ0) is 14.4. The Morgan fingerprint density at radius 3 is 2.80 bits per heavy atom. The number of nitrogens with two attached hydrogens (primary N) is 1. The fourth-order valence-electron chi connectivity index (χ4n) is 2.69. The third-order valence-corrected chi connectivity index (χ3v) is 4.17. The number of ether oxygens (including phenoxy) is 1. The summed E-state index contributed by atoms with van der Waals surface area (Å²) in [5, 5.41) is 10.8. The first-order valence-corrected chi connectivity index (χ1v) is 7.50. The summed E-state index contributed by atoms with van der Waals surface area (Å²) in [6.07, 6.45) is 2.02. The molecule has 0 saturated carbocycles. The van der Waals surface area contributed by atoms with Crippen LogP contribution in [0.2, 0.25) is 0 Å². The first-order chi connectivity index (χ1) is 9.68. The van der Waals surface area contributed by atoms with Crippen molar-refractivity contribution >= 4 is 0 Å². The second kappa shape index (κ2) is 7.18. The monoisotopic (exact) mass is 278 g/mol. The van der Waals surface area contributed by atoms with Gasteiger partial charge in [0.15, 0.2) is 0 Å². The van der Waals surface area contributed by atoms with Gasteiger partial charge in [-0.05, 0) is 18.4 Å². The van der Waals surface area contributed by atoms with Crippen molar-refractivity contribution in [2.45, 2.75) is 31.5 Å². The molecule has 1 fully saturated rings. The average molecular weight is 278 g/mol. The second-order valence-corrected chi connectivity index (χ2v) is 5.55. The molecule has 1 saturated heterocycles. The standard InChI is InChI=1S/C16H26N2O2/c1-2-15-12-18(10-11-20-15)9-8-16(19,13-17)14-6-4-3-5-7-14/h3-7,15,19H,2,8-13,17H2,1H3. The summed E-state index contributed by atoms with van der Waals surface area (Å²) < 4.78 is 5.67. The molecule has 4 nitrogen and oxygen atoms in total. The molecule has 3 N–H and O–H groups in total. The molecule has 1 heterocycles. The number of aliphatic hydroxyl groups is 1. The highest BCUT2D eigenvalue weighted by Gasteiger charge is 2.29. The molecule has 2 rings (SSSR count). The summed E-state index contributed by atoms with van der Waals surface area (Å²) in [5.41, 5.74) is 5.79. The Labute approximate surface area is 121 Å². The summed E-state index contributed by atoms with van der Waals surface area (Å²) in [6.45, 7) is 5.91. The van der Waals surface area contributed by atoms with Crippen molar-refractivity contribution in [3.05, 3.63) is 35.9 Å². The molecule has 0 amide bonds. The van der Waals surface area contributed by atoms with Gasteiger partial charge in [0.1, 0.15) is 5.60 Å². The lowest BCUT2D eigenvalue weighted by molar-refractivity contribution is -0.0417. The molecule has 1 aliphatic rings. The van der Waals surface area contributed by atoms with Crippen LogP contribution in [0.4, 0.5) is 0 Å². The predicted octanol–water partition coefficient (Wildman–Crippen LogP) is 1.33. The molecule has 4 heteroatoms. The van der Waals surface area contributed by atoms with E-state index >= 15 is 0 Å². The zero-order valence-corrected chi connectivity index (χ0v) is 12.3. The van der Waals surface area contributed by atoms with E-state index in [1.165, 1.54) is 0 Å². The van der Waals surface area contributed by atoms with Gasteiger partial charge < -0.3 is 15.6 Å². The van der Waals surface area contributed by atoms with Gasteiger partial charge in [-0.3, -0.25) is 4.90 Å². The maximum atomic E-state index is 10.8. The van der Waals surface area contributed by atoms with Crippen LogP contribution in [0.25, 0.3) is 0 Å². The number of nitrogens with zero attached hydrogens (tertiary/aromatic N) is 1. The topological polar surface area (TPSA) is 58.7 Å². The van der Waals surface area contributed by atoms with Crippen molar-refractivity contribution in [2.24, 2.45) is 5.73 Å². The molecule has 1 aromatic carbocycles. The van der Waals surface area contributed by atoms with Gasteiger partial charge >= 0.3 is 0 Å². The SMILES string of the molecule is CCC1CN(CCC(O)(CN)c2ccccc2)CCO1. The number of hydrogen-bond acceptors (Lipinski definition) is 4. The molecule has 0 radical (unpaired) electrons. The van der Waals surface area contributed by atoms with Crippen molar-refractivity contribution in [3.8, 4) is 0 Å². The van der Waals surface area contributed by atoms with Gasteiger partial charge in [-0.25, -0.2) is 0 Å². The van der Waals surface area contributed by atoms with Crippen LogP contribution in [-0.4, -0.2) is 48.9 Å². The number of rotatable bonds is 6. The van der Waals surface area contributed by atoms with E-state index in [-0.39, 0.29) is 6.54 Å². The van der Waals surface area contributed by atoms with Gasteiger partial charge in [0, 0.05) is 26.2 Å². The summed E-state index contributed by atoms with van der Waals surface area (Å²) >= 11 is 0. The van der Waals surface area contributed by atoms with Crippen LogP contribution in [0, 0.1) is 0 Å². The van der Waals surface area contributed by atoms with Crippen LogP contribution in [-0.2, 0) is 10.3 Å². The van der Waals surface area contributed by atoms with E-state index < -0.39 is 5.60 Å². The minimum absolute atomic E-state index is 0.249. The van der Waals surface area contributed by atoms with Crippen molar-refractivity contribution in [3.63, 3.8) is 0 Å². The Hall–Kier alpha value is -0.940. The van der Waals surface area contributed by atoms with Crippen molar-refractivity contribution in [1.82, 2.24) is 4.90 Å². The molecule has 1 aromatic rings. The average Bonchev–Trinajstić information content (AvgIpc) is 2.53. The first-order valence-electron chi connectivity index (χ1n) is 7.50. The minimum Gasteiger partial charge on any atom is -0.384 e. The summed E-state index contributed by atoms with van der Waals surface area (Å²) in [5.74, 6) is 0. The summed E-state index contributed by atoms with van der Waals surface area (Å²) in [4.78, 5) is 2.36. The number of benzene rings is 1. The fourth-order valence-corrected chi connectivity index (χ4v) is 2.69. The highest BCUT2D eigenvalue weighted by Crippen LogP contribution is 2.24. The van der Waals surface area contributed by atoms with Crippen LogP contribution in [0.15, 0.2) is 30.3 Å². The first kappa shape index (κ1) is 15.4. The maximum absolute atomic E-state index is 10.8. The van der Waals surface area contributed by atoms with Gasteiger partial charge in [0.2, 0.25) is 0 Å². The van der Waals surface area contributed by atoms with E-state index in [2.05, 4.69) is 11.8 Å². The third-order valence-electron chi connectivity index (χ3n) is 4.17. The van der Waals surface area contributed by atoms with Gasteiger partial charge in [-0.2, -0.15) is 0 Å².